The van der Waals surface area contributed by atoms with Crippen molar-refractivity contribution in [2.75, 3.05) is 5.73 Å². The van der Waals surface area contributed by atoms with Crippen molar-refractivity contribution in [2.45, 2.75) is 45.0 Å². The lowest BCUT2D eigenvalue weighted by Gasteiger charge is -2.21. The van der Waals surface area contributed by atoms with Gasteiger partial charge in [0.25, 0.3) is 0 Å². The number of ether oxygens (including phenoxy) is 1. The third kappa shape index (κ3) is 3.95. The predicted molar refractivity (Wildman–Crippen MR) is 121 cm³/mol. The molecule has 3 aromatic heterocycles. The van der Waals surface area contributed by atoms with Gasteiger partial charge in [0.1, 0.15) is 11.9 Å². The smallest absolute Gasteiger partial charge is 0.435 e. The maximum Gasteiger partial charge on any atom is 0.435 e. The highest BCUT2D eigenvalue weighted by atomic mass is 19.4. The van der Waals surface area contributed by atoms with Crippen molar-refractivity contribution in [1.82, 2.24) is 29.8 Å². The zero-order chi connectivity index (χ0) is 25.2. The molecule has 1 atom stereocenters. The minimum Gasteiger partial charge on any atom is -0.482 e. The van der Waals surface area contributed by atoms with E-state index in [1.54, 1.807) is 23.9 Å². The molecule has 0 radical (unpaired) electrons. The van der Waals surface area contributed by atoms with Gasteiger partial charge in [0.2, 0.25) is 0 Å². The highest BCUT2D eigenvalue weighted by Crippen LogP contribution is 2.38. The Morgan fingerprint density at radius 2 is 1.97 bits per heavy atom. The molecule has 1 aliphatic heterocycles. The van der Waals surface area contributed by atoms with Crippen LogP contribution in [0.1, 0.15) is 48.5 Å². The summed E-state index contributed by atoms with van der Waals surface area (Å²) in [7, 11) is 0. The molecule has 2 N–H and O–H groups in total. The lowest BCUT2D eigenvalue weighted by molar-refractivity contribution is -0.141. The molecule has 1 aromatic carbocycles. The van der Waals surface area contributed by atoms with Gasteiger partial charge in [0, 0.05) is 30.3 Å². The third-order valence-corrected chi connectivity index (χ3v) is 6.47. The van der Waals surface area contributed by atoms with Gasteiger partial charge in [0.05, 0.1) is 22.8 Å². The van der Waals surface area contributed by atoms with E-state index in [9.17, 15) is 17.6 Å². The molecular formula is C24H21F4N7O. The molecule has 0 saturated heterocycles. The molecule has 6 rings (SSSR count). The number of fused-ring (bicyclic) bond motifs is 7. The van der Waals surface area contributed by atoms with Crippen LogP contribution in [0.4, 0.5) is 23.4 Å². The highest BCUT2D eigenvalue weighted by molar-refractivity contribution is 5.66. The Bertz CT molecular complexity index is 1470. The Morgan fingerprint density at radius 3 is 2.72 bits per heavy atom. The van der Waals surface area contributed by atoms with Crippen molar-refractivity contribution in [3.8, 4) is 22.7 Å². The lowest BCUT2D eigenvalue weighted by Crippen LogP contribution is -2.14. The van der Waals surface area contributed by atoms with Crippen LogP contribution >= 0.6 is 0 Å². The molecule has 12 heteroatoms. The lowest BCUT2D eigenvalue weighted by atomic mass is 10.0. The standard InChI is InChI=1S/C24H21F4N7O/c1-12-17-7-15(25)4-5-19(17)35-16(9-21(32-35)24(26,27)28)8-18-22(34(33-31-18)11-13-2-3-13)14-6-20(36-12)23(29)30-10-14/h4-7,9-10,12-13H,2-3,8,11H2,1H3,(H2,29,30)/t12-/m1/s1. The van der Waals surface area contributed by atoms with E-state index in [1.165, 1.54) is 22.9 Å². The fraction of sp³-hybridized carbons (Fsp3) is 0.333. The van der Waals surface area contributed by atoms with Gasteiger partial charge in [-0.3, -0.25) is 0 Å². The normalized spacial score (nSPS) is 17.3. The number of nitrogens with zero attached hydrogens (tertiary/aromatic N) is 6. The average molecular weight is 499 g/mol. The van der Waals surface area contributed by atoms with E-state index in [0.29, 0.717) is 35.0 Å². The summed E-state index contributed by atoms with van der Waals surface area (Å²) in [5.41, 5.74) is 7.52. The Kier molecular flexibility index (Phi) is 5.02. The Hall–Kier alpha value is -3.96. The van der Waals surface area contributed by atoms with Crippen molar-refractivity contribution in [1.29, 1.82) is 0 Å². The fourth-order valence-electron chi connectivity index (χ4n) is 4.50. The van der Waals surface area contributed by atoms with E-state index in [4.69, 9.17) is 10.5 Å². The number of alkyl halides is 3. The quantitative estimate of drug-likeness (QED) is 0.401. The molecule has 4 aromatic rings. The number of nitrogen functional groups attached to an aromatic ring is 1. The largest absolute Gasteiger partial charge is 0.482 e. The Balaban J connectivity index is 1.61. The molecule has 36 heavy (non-hydrogen) atoms. The molecule has 1 fully saturated rings. The Morgan fingerprint density at radius 1 is 1.17 bits per heavy atom. The van der Waals surface area contributed by atoms with E-state index < -0.39 is 23.8 Å². The molecule has 0 unspecified atom stereocenters. The minimum absolute atomic E-state index is 0.00877. The predicted octanol–water partition coefficient (Wildman–Crippen LogP) is 4.72. The molecule has 0 amide bonds. The van der Waals surface area contributed by atoms with Crippen molar-refractivity contribution in [3.63, 3.8) is 0 Å². The third-order valence-electron chi connectivity index (χ3n) is 6.47. The van der Waals surface area contributed by atoms with Crippen molar-refractivity contribution < 1.29 is 22.3 Å². The first-order chi connectivity index (χ1) is 17.2. The number of aromatic nitrogens is 6. The van der Waals surface area contributed by atoms with E-state index in [2.05, 4.69) is 20.4 Å². The van der Waals surface area contributed by atoms with Crippen LogP contribution < -0.4 is 10.5 Å². The van der Waals surface area contributed by atoms with Gasteiger partial charge in [-0.1, -0.05) is 5.21 Å². The SMILES string of the molecule is C[C@H]1Oc2cc(cnc2N)-c2c(nnn2CC2CC2)Cc2cc(C(F)(F)F)nn2-c2ccc(F)cc21. The molecule has 2 aliphatic rings. The van der Waals surface area contributed by atoms with Crippen molar-refractivity contribution in [2.24, 2.45) is 5.92 Å². The molecule has 8 nitrogen and oxygen atoms in total. The maximum atomic E-state index is 14.3. The van der Waals surface area contributed by atoms with Crippen LogP contribution in [0.2, 0.25) is 0 Å². The first-order valence-electron chi connectivity index (χ1n) is 11.5. The summed E-state index contributed by atoms with van der Waals surface area (Å²) in [6, 6.07) is 6.47. The number of anilines is 1. The summed E-state index contributed by atoms with van der Waals surface area (Å²) in [4.78, 5) is 4.28. The number of benzene rings is 1. The van der Waals surface area contributed by atoms with Gasteiger partial charge >= 0.3 is 6.18 Å². The zero-order valence-corrected chi connectivity index (χ0v) is 19.1. The van der Waals surface area contributed by atoms with Gasteiger partial charge in [-0.2, -0.15) is 18.3 Å². The van der Waals surface area contributed by atoms with Crippen LogP contribution in [0.25, 0.3) is 16.9 Å². The van der Waals surface area contributed by atoms with Crippen LogP contribution in [0, 0.1) is 11.7 Å². The van der Waals surface area contributed by atoms with Crippen LogP contribution in [0.15, 0.2) is 36.5 Å². The molecule has 186 valence electrons. The Labute approximate surface area is 202 Å². The van der Waals surface area contributed by atoms with Gasteiger partial charge in [-0.15, -0.1) is 5.10 Å². The summed E-state index contributed by atoms with van der Waals surface area (Å²) in [6.45, 7) is 2.29. The van der Waals surface area contributed by atoms with Crippen molar-refractivity contribution >= 4 is 5.82 Å². The molecular weight excluding hydrogens is 478 g/mol. The number of hydrogen-bond donors (Lipinski definition) is 1. The minimum atomic E-state index is -4.67. The fourth-order valence-corrected chi connectivity index (χ4v) is 4.50. The first kappa shape index (κ1) is 22.5. The second kappa shape index (κ2) is 8.04. The summed E-state index contributed by atoms with van der Waals surface area (Å²) in [5, 5.41) is 12.5. The van der Waals surface area contributed by atoms with E-state index in [0.717, 1.165) is 18.9 Å². The van der Waals surface area contributed by atoms with E-state index in [-0.39, 0.29) is 29.4 Å². The van der Waals surface area contributed by atoms with E-state index in [1.807, 2.05) is 0 Å². The van der Waals surface area contributed by atoms with Crippen LogP contribution in [0.3, 0.4) is 0 Å². The van der Waals surface area contributed by atoms with Gasteiger partial charge in [-0.05, 0) is 56.0 Å². The summed E-state index contributed by atoms with van der Waals surface area (Å²) < 4.78 is 64.4. The van der Waals surface area contributed by atoms with Gasteiger partial charge in [0.15, 0.2) is 17.3 Å². The number of pyridine rings is 1. The number of nitrogens with two attached hydrogens (primary N) is 1. The molecule has 2 bridgehead atoms. The van der Waals surface area contributed by atoms with Crippen LogP contribution in [-0.4, -0.2) is 29.8 Å². The topological polar surface area (TPSA) is 96.7 Å². The second-order valence-electron chi connectivity index (χ2n) is 9.19. The first-order valence-corrected chi connectivity index (χ1v) is 11.5. The molecule has 4 heterocycles. The summed E-state index contributed by atoms with van der Waals surface area (Å²) in [6.07, 6.45) is -1.72. The van der Waals surface area contributed by atoms with E-state index >= 15 is 0 Å². The summed E-state index contributed by atoms with van der Waals surface area (Å²) in [5.74, 6) is 0.296. The van der Waals surface area contributed by atoms with Gasteiger partial charge in [-0.25, -0.2) is 18.7 Å². The second-order valence-corrected chi connectivity index (χ2v) is 9.19. The zero-order valence-electron chi connectivity index (χ0n) is 19.1. The maximum absolute atomic E-state index is 14.3. The summed E-state index contributed by atoms with van der Waals surface area (Å²) >= 11 is 0. The van der Waals surface area contributed by atoms with Crippen LogP contribution in [-0.2, 0) is 19.1 Å². The highest BCUT2D eigenvalue weighted by Gasteiger charge is 2.36. The monoisotopic (exact) mass is 499 g/mol. The average Bonchev–Trinajstić information content (AvgIpc) is 3.40. The van der Waals surface area contributed by atoms with Crippen LogP contribution in [0.5, 0.6) is 5.75 Å². The molecule has 1 saturated carbocycles. The molecule has 1 aliphatic carbocycles. The number of hydrogen-bond acceptors (Lipinski definition) is 6. The molecule has 0 spiro atoms. The van der Waals surface area contributed by atoms with Gasteiger partial charge < -0.3 is 10.5 Å². The number of rotatable bonds is 2. The number of halogens is 4. The van der Waals surface area contributed by atoms with Crippen molar-refractivity contribution in [3.05, 3.63) is 65.0 Å².